The number of hydrogen-bond donors (Lipinski definition) is 3. The second-order valence-electron chi connectivity index (χ2n) is 6.10. The fourth-order valence-corrected chi connectivity index (χ4v) is 3.94. The molecule has 4 N–H and O–H groups in total. The van der Waals surface area contributed by atoms with Crippen LogP contribution in [0.15, 0.2) is 33.9 Å². The van der Waals surface area contributed by atoms with E-state index in [0.717, 1.165) is 15.9 Å². The summed E-state index contributed by atoms with van der Waals surface area (Å²) < 4.78 is 5.97. The molecule has 1 atom stereocenters. The van der Waals surface area contributed by atoms with E-state index in [0.29, 0.717) is 17.0 Å². The smallest absolute Gasteiger partial charge is 0.330 e. The van der Waals surface area contributed by atoms with Crippen molar-refractivity contribution < 1.29 is 14.3 Å². The molecule has 9 nitrogen and oxygen atoms in total. The van der Waals surface area contributed by atoms with Crippen LogP contribution in [0.5, 0.6) is 5.75 Å². The minimum Gasteiger partial charge on any atom is -0.495 e. The number of carbonyl (C=O) groups is 2. The fraction of sp³-hybridized carbons (Fsp3) is 0.222. The number of primary amides is 1. The van der Waals surface area contributed by atoms with Crippen LogP contribution in [0, 0.1) is 6.92 Å². The lowest BCUT2D eigenvalue weighted by Crippen LogP contribution is -2.41. The molecule has 1 aromatic carbocycles. The molecular weight excluding hydrogens is 384 g/mol. The predicted octanol–water partition coefficient (Wildman–Crippen LogP) is 1.37. The number of fused-ring (bicyclic) bond motifs is 1. The summed E-state index contributed by atoms with van der Waals surface area (Å²) in [6, 6.07) is 5.78. The molecule has 2 heterocycles. The van der Waals surface area contributed by atoms with Crippen LogP contribution >= 0.6 is 11.3 Å². The molecule has 0 aliphatic carbocycles. The second kappa shape index (κ2) is 7.31. The van der Waals surface area contributed by atoms with Gasteiger partial charge in [-0.3, -0.25) is 19.4 Å². The first-order valence-corrected chi connectivity index (χ1v) is 9.09. The Hall–Kier alpha value is -3.40. The first-order valence-electron chi connectivity index (χ1n) is 8.27. The van der Waals surface area contributed by atoms with Gasteiger partial charge in [0.2, 0.25) is 5.91 Å². The van der Waals surface area contributed by atoms with Gasteiger partial charge in [0.25, 0.3) is 11.5 Å². The Morgan fingerprint density at radius 3 is 2.61 bits per heavy atom. The fourth-order valence-electron chi connectivity index (χ4n) is 2.85. The van der Waals surface area contributed by atoms with E-state index in [9.17, 15) is 19.2 Å². The van der Waals surface area contributed by atoms with Crippen LogP contribution in [-0.4, -0.2) is 28.5 Å². The summed E-state index contributed by atoms with van der Waals surface area (Å²) in [6.07, 6.45) is 0. The normalized spacial score (nSPS) is 12.0. The lowest BCUT2D eigenvalue weighted by molar-refractivity contribution is -0.120. The molecule has 0 aliphatic rings. The minimum absolute atomic E-state index is 0.169. The van der Waals surface area contributed by atoms with Crippen molar-refractivity contribution in [3.8, 4) is 5.75 Å². The van der Waals surface area contributed by atoms with E-state index in [4.69, 9.17) is 10.5 Å². The minimum atomic E-state index is -1.12. The van der Waals surface area contributed by atoms with Gasteiger partial charge in [0, 0.05) is 0 Å². The number of anilines is 1. The van der Waals surface area contributed by atoms with Crippen molar-refractivity contribution in [1.82, 2.24) is 9.55 Å². The molecule has 2 aromatic heterocycles. The molecule has 3 aromatic rings. The first-order chi connectivity index (χ1) is 13.3. The van der Waals surface area contributed by atoms with E-state index >= 15 is 0 Å². The Balaban J connectivity index is 2.11. The number of nitrogens with two attached hydrogens (primary N) is 1. The summed E-state index contributed by atoms with van der Waals surface area (Å²) in [7, 11) is 1.49. The van der Waals surface area contributed by atoms with Crippen LogP contribution in [0.2, 0.25) is 0 Å². The number of aryl methyl sites for hydroxylation is 1. The van der Waals surface area contributed by atoms with Crippen LogP contribution < -0.4 is 27.0 Å². The van der Waals surface area contributed by atoms with Crippen LogP contribution in [0.3, 0.4) is 0 Å². The molecule has 1 unspecified atom stereocenters. The third kappa shape index (κ3) is 3.18. The Kier molecular flexibility index (Phi) is 5.06. The summed E-state index contributed by atoms with van der Waals surface area (Å²) >= 11 is 0.984. The highest BCUT2D eigenvalue weighted by Gasteiger charge is 2.24. The van der Waals surface area contributed by atoms with Gasteiger partial charge in [0.15, 0.2) is 0 Å². The molecule has 10 heteroatoms. The van der Waals surface area contributed by atoms with E-state index in [-0.39, 0.29) is 15.1 Å². The Labute approximate surface area is 162 Å². The number of benzene rings is 1. The zero-order valence-electron chi connectivity index (χ0n) is 15.4. The number of nitrogens with zero attached hydrogens (tertiary/aromatic N) is 1. The summed E-state index contributed by atoms with van der Waals surface area (Å²) in [4.78, 5) is 52.3. The number of amides is 2. The SMILES string of the molecule is COc1ccccc1NC(=O)c1sc2[nH]c(=O)n(C(C)C(N)=O)c(=O)c2c1C. The van der Waals surface area contributed by atoms with Gasteiger partial charge in [-0.05, 0) is 31.5 Å². The van der Waals surface area contributed by atoms with Crippen molar-refractivity contribution in [3.05, 3.63) is 55.5 Å². The number of rotatable bonds is 5. The summed E-state index contributed by atoms with van der Waals surface area (Å²) in [6.45, 7) is 2.97. The maximum absolute atomic E-state index is 12.8. The summed E-state index contributed by atoms with van der Waals surface area (Å²) in [5, 5.41) is 2.91. The molecule has 0 spiro atoms. The maximum Gasteiger partial charge on any atom is 0.330 e. The van der Waals surface area contributed by atoms with Crippen LogP contribution in [0.25, 0.3) is 10.2 Å². The molecular formula is C18H18N4O5S. The summed E-state index contributed by atoms with van der Waals surface area (Å²) in [5.74, 6) is -0.771. The molecule has 0 radical (unpaired) electrons. The number of H-pyrrole nitrogens is 1. The van der Waals surface area contributed by atoms with Crippen molar-refractivity contribution in [2.45, 2.75) is 19.9 Å². The quantitative estimate of drug-likeness (QED) is 0.592. The van der Waals surface area contributed by atoms with Crippen molar-refractivity contribution in [2.75, 3.05) is 12.4 Å². The zero-order chi connectivity index (χ0) is 20.6. The number of aromatic amines is 1. The average Bonchev–Trinajstić information content (AvgIpc) is 2.98. The zero-order valence-corrected chi connectivity index (χ0v) is 16.2. The average molecular weight is 402 g/mol. The van der Waals surface area contributed by atoms with E-state index in [1.807, 2.05) is 0 Å². The third-order valence-electron chi connectivity index (χ3n) is 4.38. The van der Waals surface area contributed by atoms with Crippen LogP contribution in [0.1, 0.15) is 28.2 Å². The van der Waals surface area contributed by atoms with Crippen molar-refractivity contribution >= 4 is 39.1 Å². The van der Waals surface area contributed by atoms with Gasteiger partial charge in [-0.1, -0.05) is 12.1 Å². The summed E-state index contributed by atoms with van der Waals surface area (Å²) in [5.41, 5.74) is 4.67. The highest BCUT2D eigenvalue weighted by atomic mass is 32.1. The third-order valence-corrected chi connectivity index (χ3v) is 5.59. The Morgan fingerprint density at radius 2 is 1.96 bits per heavy atom. The number of hydrogen-bond acceptors (Lipinski definition) is 6. The van der Waals surface area contributed by atoms with Crippen molar-refractivity contribution in [3.63, 3.8) is 0 Å². The number of methoxy groups -OCH3 is 1. The molecule has 0 saturated carbocycles. The largest absolute Gasteiger partial charge is 0.495 e. The van der Waals surface area contributed by atoms with Crippen molar-refractivity contribution in [2.24, 2.45) is 5.73 Å². The predicted molar refractivity (Wildman–Crippen MR) is 106 cm³/mol. The molecule has 0 aliphatic heterocycles. The molecule has 3 rings (SSSR count). The molecule has 2 amide bonds. The highest BCUT2D eigenvalue weighted by Crippen LogP contribution is 2.29. The number of thiophene rings is 1. The van der Waals surface area contributed by atoms with Gasteiger partial charge in [-0.15, -0.1) is 11.3 Å². The van der Waals surface area contributed by atoms with Gasteiger partial charge in [-0.25, -0.2) is 9.36 Å². The Bertz CT molecular complexity index is 1210. The van der Waals surface area contributed by atoms with Gasteiger partial charge < -0.3 is 15.8 Å². The van der Waals surface area contributed by atoms with Gasteiger partial charge in [0.1, 0.15) is 16.6 Å². The highest BCUT2D eigenvalue weighted by molar-refractivity contribution is 7.20. The van der Waals surface area contributed by atoms with Gasteiger partial charge >= 0.3 is 5.69 Å². The topological polar surface area (TPSA) is 136 Å². The number of para-hydroxylation sites is 2. The number of ether oxygens (including phenoxy) is 1. The van der Waals surface area contributed by atoms with Crippen LogP contribution in [0.4, 0.5) is 5.69 Å². The Morgan fingerprint density at radius 1 is 1.29 bits per heavy atom. The molecule has 0 saturated heterocycles. The number of carbonyl (C=O) groups excluding carboxylic acids is 2. The molecule has 28 heavy (non-hydrogen) atoms. The van der Waals surface area contributed by atoms with Crippen molar-refractivity contribution in [1.29, 1.82) is 0 Å². The van der Waals surface area contributed by atoms with E-state index in [2.05, 4.69) is 10.3 Å². The number of nitrogens with one attached hydrogen (secondary N) is 2. The standard InChI is InChI=1S/C18H18N4O5S/c1-8-12-16(21-18(26)22(17(12)25)9(2)14(19)23)28-13(8)15(24)20-10-6-4-5-7-11(10)27-3/h4-7,9H,1-3H3,(H2,19,23)(H,20,24)(H,21,26). The first kappa shape index (κ1) is 19.4. The van der Waals surface area contributed by atoms with E-state index < -0.39 is 29.1 Å². The lowest BCUT2D eigenvalue weighted by atomic mass is 10.2. The van der Waals surface area contributed by atoms with Gasteiger partial charge in [-0.2, -0.15) is 0 Å². The lowest BCUT2D eigenvalue weighted by Gasteiger charge is -2.10. The van der Waals surface area contributed by atoms with Crippen LogP contribution in [-0.2, 0) is 4.79 Å². The molecule has 146 valence electrons. The molecule has 0 bridgehead atoms. The second-order valence-corrected chi connectivity index (χ2v) is 7.12. The van der Waals surface area contributed by atoms with E-state index in [1.54, 1.807) is 31.2 Å². The maximum atomic E-state index is 12.8. The van der Waals surface area contributed by atoms with E-state index in [1.165, 1.54) is 14.0 Å². The van der Waals surface area contributed by atoms with Gasteiger partial charge in [0.05, 0.1) is 23.1 Å². The monoisotopic (exact) mass is 402 g/mol. The number of aromatic nitrogens is 2. The molecule has 0 fully saturated rings.